The number of halogens is 2. The summed E-state index contributed by atoms with van der Waals surface area (Å²) < 4.78 is 1.15. The first-order valence-electron chi connectivity index (χ1n) is 5.72. The highest BCUT2D eigenvalue weighted by molar-refractivity contribution is 9.10. The molecule has 1 fully saturated rings. The standard InChI is InChI=1S/C12H18BrN3.ClH/c13-11-2-1-3-12(10-11)16-8-6-15(5-4-14)7-9-16;/h1-3,10H,4-9,14H2;1H. The molecule has 2 N–H and O–H groups in total. The van der Waals surface area contributed by atoms with Crippen molar-refractivity contribution in [2.24, 2.45) is 5.73 Å². The van der Waals surface area contributed by atoms with E-state index >= 15 is 0 Å². The van der Waals surface area contributed by atoms with Gasteiger partial charge in [0.15, 0.2) is 0 Å². The Hall–Kier alpha value is -0.290. The molecule has 1 aliphatic rings. The first-order valence-corrected chi connectivity index (χ1v) is 6.52. The van der Waals surface area contributed by atoms with Crippen molar-refractivity contribution in [3.05, 3.63) is 28.7 Å². The molecule has 0 saturated carbocycles. The largest absolute Gasteiger partial charge is 0.369 e. The second kappa shape index (κ2) is 7.21. The van der Waals surface area contributed by atoms with Gasteiger partial charge in [0.1, 0.15) is 0 Å². The molecule has 1 heterocycles. The molecule has 1 aliphatic heterocycles. The SMILES string of the molecule is Cl.NCCN1CCN(c2cccc(Br)c2)CC1. The molecule has 0 bridgehead atoms. The van der Waals surface area contributed by atoms with E-state index in [4.69, 9.17) is 5.73 Å². The minimum atomic E-state index is 0. The molecule has 1 saturated heterocycles. The van der Waals surface area contributed by atoms with Crippen LogP contribution in [0.4, 0.5) is 5.69 Å². The van der Waals surface area contributed by atoms with Crippen molar-refractivity contribution in [3.8, 4) is 0 Å². The van der Waals surface area contributed by atoms with E-state index in [-0.39, 0.29) is 12.4 Å². The Morgan fingerprint density at radius 3 is 2.47 bits per heavy atom. The van der Waals surface area contributed by atoms with Crippen molar-refractivity contribution >= 4 is 34.0 Å². The third kappa shape index (κ3) is 4.14. The molecule has 0 amide bonds. The number of nitrogens with two attached hydrogens (primary N) is 1. The number of anilines is 1. The van der Waals surface area contributed by atoms with Crippen molar-refractivity contribution in [3.63, 3.8) is 0 Å². The second-order valence-corrected chi connectivity index (χ2v) is 5.01. The van der Waals surface area contributed by atoms with Gasteiger partial charge < -0.3 is 10.6 Å². The number of hydrogen-bond acceptors (Lipinski definition) is 3. The van der Waals surface area contributed by atoms with Crippen LogP contribution >= 0.6 is 28.3 Å². The number of hydrogen-bond donors (Lipinski definition) is 1. The van der Waals surface area contributed by atoms with Crippen LogP contribution in [0.2, 0.25) is 0 Å². The Balaban J connectivity index is 0.00000144. The van der Waals surface area contributed by atoms with Crippen LogP contribution in [0.3, 0.4) is 0 Å². The number of benzene rings is 1. The predicted molar refractivity (Wildman–Crippen MR) is 79.1 cm³/mol. The van der Waals surface area contributed by atoms with E-state index in [0.717, 1.165) is 43.7 Å². The zero-order valence-electron chi connectivity index (χ0n) is 9.81. The average molecular weight is 321 g/mol. The lowest BCUT2D eigenvalue weighted by Crippen LogP contribution is -2.47. The fourth-order valence-electron chi connectivity index (χ4n) is 2.09. The molecule has 2 rings (SSSR count). The predicted octanol–water partition coefficient (Wildman–Crippen LogP) is 1.95. The third-order valence-corrected chi connectivity index (χ3v) is 3.48. The summed E-state index contributed by atoms with van der Waals surface area (Å²) >= 11 is 3.51. The number of piperazine rings is 1. The molecule has 1 aromatic carbocycles. The monoisotopic (exact) mass is 319 g/mol. The van der Waals surface area contributed by atoms with Gasteiger partial charge in [0, 0.05) is 49.4 Å². The lowest BCUT2D eigenvalue weighted by molar-refractivity contribution is 0.265. The van der Waals surface area contributed by atoms with E-state index in [1.54, 1.807) is 0 Å². The van der Waals surface area contributed by atoms with E-state index in [0.29, 0.717) is 0 Å². The summed E-state index contributed by atoms with van der Waals surface area (Å²) in [7, 11) is 0. The van der Waals surface area contributed by atoms with Crippen LogP contribution in [0.15, 0.2) is 28.7 Å². The maximum absolute atomic E-state index is 5.56. The highest BCUT2D eigenvalue weighted by Crippen LogP contribution is 2.20. The van der Waals surface area contributed by atoms with Crippen LogP contribution in [0.25, 0.3) is 0 Å². The quantitative estimate of drug-likeness (QED) is 0.924. The fraction of sp³-hybridized carbons (Fsp3) is 0.500. The second-order valence-electron chi connectivity index (χ2n) is 4.10. The summed E-state index contributed by atoms with van der Waals surface area (Å²) in [5, 5.41) is 0. The van der Waals surface area contributed by atoms with E-state index in [1.807, 2.05) is 0 Å². The topological polar surface area (TPSA) is 32.5 Å². The zero-order chi connectivity index (χ0) is 11.4. The van der Waals surface area contributed by atoms with Crippen molar-refractivity contribution in [1.82, 2.24) is 4.90 Å². The van der Waals surface area contributed by atoms with E-state index in [1.165, 1.54) is 5.69 Å². The van der Waals surface area contributed by atoms with Crippen LogP contribution in [-0.2, 0) is 0 Å². The van der Waals surface area contributed by atoms with Gasteiger partial charge in [-0.2, -0.15) is 0 Å². The van der Waals surface area contributed by atoms with Crippen LogP contribution in [0.5, 0.6) is 0 Å². The highest BCUT2D eigenvalue weighted by atomic mass is 79.9. The van der Waals surface area contributed by atoms with Gasteiger partial charge in [-0.15, -0.1) is 12.4 Å². The van der Waals surface area contributed by atoms with Gasteiger partial charge in [0.25, 0.3) is 0 Å². The van der Waals surface area contributed by atoms with Crippen LogP contribution in [0, 0.1) is 0 Å². The Morgan fingerprint density at radius 2 is 1.88 bits per heavy atom. The van der Waals surface area contributed by atoms with Crippen LogP contribution in [0.1, 0.15) is 0 Å². The summed E-state index contributed by atoms with van der Waals surface area (Å²) in [4.78, 5) is 4.85. The van der Waals surface area contributed by atoms with Gasteiger partial charge in [-0.1, -0.05) is 22.0 Å². The molecule has 0 aromatic heterocycles. The van der Waals surface area contributed by atoms with Crippen LogP contribution in [-0.4, -0.2) is 44.2 Å². The Labute approximate surface area is 117 Å². The van der Waals surface area contributed by atoms with Gasteiger partial charge in [-0.25, -0.2) is 0 Å². The smallest absolute Gasteiger partial charge is 0.0378 e. The number of rotatable bonds is 3. The Kier molecular flexibility index (Phi) is 6.27. The minimum Gasteiger partial charge on any atom is -0.369 e. The summed E-state index contributed by atoms with van der Waals surface area (Å²) in [6, 6.07) is 8.50. The third-order valence-electron chi connectivity index (χ3n) is 2.99. The molecule has 0 unspecified atom stereocenters. The van der Waals surface area contributed by atoms with E-state index in [2.05, 4.69) is 50.0 Å². The average Bonchev–Trinajstić information content (AvgIpc) is 2.30. The first-order chi connectivity index (χ1) is 7.79. The summed E-state index contributed by atoms with van der Waals surface area (Å²) in [6.07, 6.45) is 0. The van der Waals surface area contributed by atoms with Crippen molar-refractivity contribution in [1.29, 1.82) is 0 Å². The molecular weight excluding hydrogens is 302 g/mol. The summed E-state index contributed by atoms with van der Waals surface area (Å²) in [5.74, 6) is 0. The van der Waals surface area contributed by atoms with Gasteiger partial charge in [0.2, 0.25) is 0 Å². The molecule has 3 nitrogen and oxygen atoms in total. The molecule has 0 aliphatic carbocycles. The lowest BCUT2D eigenvalue weighted by atomic mass is 10.2. The van der Waals surface area contributed by atoms with Gasteiger partial charge in [0.05, 0.1) is 0 Å². The van der Waals surface area contributed by atoms with Gasteiger partial charge in [-0.3, -0.25) is 4.90 Å². The Morgan fingerprint density at radius 1 is 1.18 bits per heavy atom. The van der Waals surface area contributed by atoms with Crippen molar-refractivity contribution in [2.45, 2.75) is 0 Å². The molecule has 0 atom stereocenters. The molecule has 96 valence electrons. The van der Waals surface area contributed by atoms with Gasteiger partial charge >= 0.3 is 0 Å². The molecule has 0 spiro atoms. The molecular formula is C12H19BrClN3. The maximum Gasteiger partial charge on any atom is 0.0378 e. The highest BCUT2D eigenvalue weighted by Gasteiger charge is 2.16. The Bertz CT molecular complexity index is 340. The first kappa shape index (κ1) is 14.8. The molecule has 17 heavy (non-hydrogen) atoms. The summed E-state index contributed by atoms with van der Waals surface area (Å²) in [6.45, 7) is 6.20. The number of nitrogens with zero attached hydrogens (tertiary/aromatic N) is 2. The normalized spacial score (nSPS) is 16.7. The zero-order valence-corrected chi connectivity index (χ0v) is 12.2. The lowest BCUT2D eigenvalue weighted by Gasteiger charge is -2.36. The molecule has 1 aromatic rings. The maximum atomic E-state index is 5.56. The fourth-order valence-corrected chi connectivity index (χ4v) is 2.47. The minimum absolute atomic E-state index is 0. The van der Waals surface area contributed by atoms with Crippen molar-refractivity contribution in [2.75, 3.05) is 44.2 Å². The van der Waals surface area contributed by atoms with Gasteiger partial charge in [-0.05, 0) is 18.2 Å². The van der Waals surface area contributed by atoms with E-state index < -0.39 is 0 Å². The summed E-state index contributed by atoms with van der Waals surface area (Å²) in [5.41, 5.74) is 6.87. The van der Waals surface area contributed by atoms with Crippen molar-refractivity contribution < 1.29 is 0 Å². The van der Waals surface area contributed by atoms with Crippen LogP contribution < -0.4 is 10.6 Å². The molecule has 0 radical (unpaired) electrons. The van der Waals surface area contributed by atoms with E-state index in [9.17, 15) is 0 Å². The molecule has 5 heteroatoms.